The van der Waals surface area contributed by atoms with E-state index in [9.17, 15) is 10.1 Å². The molecule has 2 heterocycles. The van der Waals surface area contributed by atoms with Crippen molar-refractivity contribution in [3.05, 3.63) is 40.6 Å². The minimum Gasteiger partial charge on any atom is -0.467 e. The zero-order valence-corrected chi connectivity index (χ0v) is 11.9. The number of rotatable bonds is 7. The number of hydrogen-bond donors (Lipinski definition) is 2. The summed E-state index contributed by atoms with van der Waals surface area (Å²) in [5.74, 6) is 1.04. The lowest BCUT2D eigenvalue weighted by Gasteiger charge is -2.13. The second-order valence-corrected chi connectivity index (χ2v) is 4.56. The van der Waals surface area contributed by atoms with Gasteiger partial charge in [-0.3, -0.25) is 10.1 Å². The van der Waals surface area contributed by atoms with Crippen LogP contribution in [0.15, 0.2) is 29.1 Å². The lowest BCUT2D eigenvalue weighted by Crippen LogP contribution is -2.17. The monoisotopic (exact) mass is 291 g/mol. The second kappa shape index (κ2) is 6.69. The standard InChI is InChI=1S/C13H17N5O3/c1-3-9(2)17-13-11(18(19)20)12(15-8-16-13)14-7-10-5-4-6-21-10/h4-6,8-9H,3,7H2,1-2H3,(H2,14,15,16,17). The van der Waals surface area contributed by atoms with Crippen molar-refractivity contribution in [1.29, 1.82) is 0 Å². The van der Waals surface area contributed by atoms with Crippen molar-refractivity contribution >= 4 is 17.3 Å². The fourth-order valence-electron chi connectivity index (χ4n) is 1.71. The minimum absolute atomic E-state index is 0.0801. The smallest absolute Gasteiger partial charge is 0.353 e. The van der Waals surface area contributed by atoms with Gasteiger partial charge in [-0.2, -0.15) is 0 Å². The molecule has 21 heavy (non-hydrogen) atoms. The molecule has 2 aromatic heterocycles. The molecule has 0 amide bonds. The van der Waals surface area contributed by atoms with Crippen LogP contribution in [0.25, 0.3) is 0 Å². The Kier molecular flexibility index (Phi) is 4.70. The maximum absolute atomic E-state index is 11.3. The Hall–Kier alpha value is -2.64. The van der Waals surface area contributed by atoms with Crippen molar-refractivity contribution in [2.45, 2.75) is 32.9 Å². The third kappa shape index (κ3) is 3.68. The van der Waals surface area contributed by atoms with Gasteiger partial charge < -0.3 is 15.1 Å². The van der Waals surface area contributed by atoms with Gasteiger partial charge in [0.15, 0.2) is 0 Å². The Morgan fingerprint density at radius 2 is 2.19 bits per heavy atom. The van der Waals surface area contributed by atoms with E-state index in [0.29, 0.717) is 12.3 Å². The number of nitro groups is 1. The van der Waals surface area contributed by atoms with Crippen molar-refractivity contribution in [3.8, 4) is 0 Å². The highest BCUT2D eigenvalue weighted by atomic mass is 16.6. The highest BCUT2D eigenvalue weighted by Gasteiger charge is 2.23. The maximum Gasteiger partial charge on any atom is 0.353 e. The van der Waals surface area contributed by atoms with E-state index in [-0.39, 0.29) is 23.4 Å². The molecule has 0 aliphatic heterocycles. The van der Waals surface area contributed by atoms with Gasteiger partial charge in [-0.15, -0.1) is 0 Å². The second-order valence-electron chi connectivity index (χ2n) is 4.56. The highest BCUT2D eigenvalue weighted by Crippen LogP contribution is 2.29. The summed E-state index contributed by atoms with van der Waals surface area (Å²) in [5, 5.41) is 17.2. The third-order valence-corrected chi connectivity index (χ3v) is 3.01. The molecule has 0 radical (unpaired) electrons. The van der Waals surface area contributed by atoms with Gasteiger partial charge in [-0.25, -0.2) is 9.97 Å². The molecule has 0 fully saturated rings. The zero-order valence-electron chi connectivity index (χ0n) is 11.9. The molecule has 0 saturated heterocycles. The topological polar surface area (TPSA) is 106 Å². The predicted octanol–water partition coefficient (Wildman–Crippen LogP) is 2.80. The van der Waals surface area contributed by atoms with Crippen molar-refractivity contribution in [2.24, 2.45) is 0 Å². The first-order valence-corrected chi connectivity index (χ1v) is 6.64. The molecule has 0 aromatic carbocycles. The van der Waals surface area contributed by atoms with E-state index in [1.165, 1.54) is 6.33 Å². The van der Waals surface area contributed by atoms with Crippen LogP contribution >= 0.6 is 0 Å². The molecule has 2 aromatic rings. The van der Waals surface area contributed by atoms with E-state index in [1.807, 2.05) is 13.8 Å². The van der Waals surface area contributed by atoms with E-state index in [1.54, 1.807) is 18.4 Å². The average molecular weight is 291 g/mol. The largest absolute Gasteiger partial charge is 0.467 e. The first-order valence-electron chi connectivity index (χ1n) is 6.64. The molecule has 0 bridgehead atoms. The Balaban J connectivity index is 2.23. The average Bonchev–Trinajstić information content (AvgIpc) is 2.98. The van der Waals surface area contributed by atoms with Gasteiger partial charge in [0, 0.05) is 6.04 Å². The van der Waals surface area contributed by atoms with Crippen LogP contribution in [0.2, 0.25) is 0 Å². The molecule has 0 aliphatic rings. The van der Waals surface area contributed by atoms with Crippen LogP contribution in [0.4, 0.5) is 17.3 Å². The molecule has 8 heteroatoms. The fourth-order valence-corrected chi connectivity index (χ4v) is 1.71. The number of nitrogens with zero attached hydrogens (tertiary/aromatic N) is 3. The molecule has 1 atom stereocenters. The first kappa shape index (κ1) is 14.8. The van der Waals surface area contributed by atoms with E-state index in [2.05, 4.69) is 20.6 Å². The number of nitrogens with one attached hydrogen (secondary N) is 2. The van der Waals surface area contributed by atoms with Gasteiger partial charge in [0.1, 0.15) is 12.1 Å². The summed E-state index contributed by atoms with van der Waals surface area (Å²) >= 11 is 0. The number of aromatic nitrogens is 2. The molecule has 112 valence electrons. The number of anilines is 2. The van der Waals surface area contributed by atoms with Gasteiger partial charge in [-0.1, -0.05) is 6.92 Å². The quantitative estimate of drug-likeness (QED) is 0.596. The van der Waals surface area contributed by atoms with E-state index in [4.69, 9.17) is 4.42 Å². The summed E-state index contributed by atoms with van der Waals surface area (Å²) in [7, 11) is 0. The predicted molar refractivity (Wildman–Crippen MR) is 78.1 cm³/mol. The van der Waals surface area contributed by atoms with Gasteiger partial charge in [-0.05, 0) is 25.5 Å². The molecule has 8 nitrogen and oxygen atoms in total. The van der Waals surface area contributed by atoms with Crippen LogP contribution in [-0.2, 0) is 6.54 Å². The Labute approximate surface area is 121 Å². The first-order chi connectivity index (χ1) is 10.1. The van der Waals surface area contributed by atoms with Crippen molar-refractivity contribution in [3.63, 3.8) is 0 Å². The van der Waals surface area contributed by atoms with Crippen molar-refractivity contribution in [2.75, 3.05) is 10.6 Å². The molecule has 2 rings (SSSR count). The molecular weight excluding hydrogens is 274 g/mol. The lowest BCUT2D eigenvalue weighted by atomic mass is 10.2. The zero-order chi connectivity index (χ0) is 15.2. The van der Waals surface area contributed by atoms with Crippen LogP contribution in [0.3, 0.4) is 0 Å². The molecule has 1 unspecified atom stereocenters. The van der Waals surface area contributed by atoms with Gasteiger partial charge in [0.05, 0.1) is 17.7 Å². The molecule has 0 aliphatic carbocycles. The highest BCUT2D eigenvalue weighted by molar-refractivity contribution is 5.69. The van der Waals surface area contributed by atoms with Crippen LogP contribution in [-0.4, -0.2) is 20.9 Å². The van der Waals surface area contributed by atoms with Crippen molar-refractivity contribution in [1.82, 2.24) is 9.97 Å². The van der Waals surface area contributed by atoms with Gasteiger partial charge >= 0.3 is 5.69 Å². The van der Waals surface area contributed by atoms with Crippen LogP contribution in [0, 0.1) is 10.1 Å². The third-order valence-electron chi connectivity index (χ3n) is 3.01. The number of furan rings is 1. The van der Waals surface area contributed by atoms with Gasteiger partial charge in [0.2, 0.25) is 11.6 Å². The van der Waals surface area contributed by atoms with E-state index >= 15 is 0 Å². The lowest BCUT2D eigenvalue weighted by molar-refractivity contribution is -0.383. The SMILES string of the molecule is CCC(C)Nc1ncnc(NCc2ccco2)c1[N+](=O)[O-]. The van der Waals surface area contributed by atoms with Crippen LogP contribution in [0.1, 0.15) is 26.0 Å². The summed E-state index contributed by atoms with van der Waals surface area (Å²) in [6.07, 6.45) is 3.67. The van der Waals surface area contributed by atoms with E-state index in [0.717, 1.165) is 6.42 Å². The summed E-state index contributed by atoms with van der Waals surface area (Å²) in [4.78, 5) is 18.7. The minimum atomic E-state index is -0.491. The number of hydrogen-bond acceptors (Lipinski definition) is 7. The maximum atomic E-state index is 11.3. The van der Waals surface area contributed by atoms with Crippen LogP contribution in [0.5, 0.6) is 0 Å². The molecule has 0 spiro atoms. The summed E-state index contributed by atoms with van der Waals surface area (Å²) in [6, 6.07) is 3.61. The molecule has 2 N–H and O–H groups in total. The summed E-state index contributed by atoms with van der Waals surface area (Å²) in [6.45, 7) is 4.23. The summed E-state index contributed by atoms with van der Waals surface area (Å²) in [5.41, 5.74) is -0.163. The molecule has 0 saturated carbocycles. The Morgan fingerprint density at radius 1 is 1.43 bits per heavy atom. The Morgan fingerprint density at radius 3 is 2.81 bits per heavy atom. The molecular formula is C13H17N5O3. The Bertz CT molecular complexity index is 600. The van der Waals surface area contributed by atoms with Crippen LogP contribution < -0.4 is 10.6 Å². The summed E-state index contributed by atoms with van der Waals surface area (Å²) < 4.78 is 5.18. The van der Waals surface area contributed by atoms with E-state index < -0.39 is 4.92 Å². The normalized spacial score (nSPS) is 11.9. The van der Waals surface area contributed by atoms with Gasteiger partial charge in [0.25, 0.3) is 0 Å². The fraction of sp³-hybridized carbons (Fsp3) is 0.385. The van der Waals surface area contributed by atoms with Crippen molar-refractivity contribution < 1.29 is 9.34 Å².